The minimum Gasteiger partial charge on any atom is -0.481 e. The van der Waals surface area contributed by atoms with E-state index >= 15 is 4.39 Å². The Labute approximate surface area is 241 Å². The van der Waals surface area contributed by atoms with E-state index in [0.717, 1.165) is 9.86 Å². The van der Waals surface area contributed by atoms with Crippen LogP contribution in [-0.4, -0.2) is 74.0 Å². The van der Waals surface area contributed by atoms with E-state index in [4.69, 9.17) is 23.9 Å². The summed E-state index contributed by atoms with van der Waals surface area (Å²) < 4.78 is 38.8. The van der Waals surface area contributed by atoms with Gasteiger partial charge in [-0.3, -0.25) is 0 Å². The van der Waals surface area contributed by atoms with Crippen LogP contribution in [0.2, 0.25) is 0 Å². The Balaban J connectivity index is 2.12. The molecule has 1 aromatic carbocycles. The second-order valence-electron chi connectivity index (χ2n) is 9.50. The monoisotopic (exact) mass is 614 g/mol. The summed E-state index contributed by atoms with van der Waals surface area (Å²) in [6, 6.07) is 12.3. The highest BCUT2D eigenvalue weighted by molar-refractivity contribution is 9.10. The van der Waals surface area contributed by atoms with Crippen LogP contribution in [0, 0.1) is 5.82 Å². The van der Waals surface area contributed by atoms with Crippen molar-refractivity contribution < 1.29 is 28.4 Å². The summed E-state index contributed by atoms with van der Waals surface area (Å²) in [5, 5.41) is 13.7. The molecule has 0 aliphatic rings. The minimum absolute atomic E-state index is 0.150. The fraction of sp³-hybridized carbons (Fsp3) is 0.345. The van der Waals surface area contributed by atoms with Crippen molar-refractivity contribution in [2.75, 3.05) is 49.1 Å². The molecule has 212 valence electrons. The van der Waals surface area contributed by atoms with Gasteiger partial charge in [-0.1, -0.05) is 15.9 Å². The van der Waals surface area contributed by atoms with Gasteiger partial charge in [0.15, 0.2) is 5.82 Å². The van der Waals surface area contributed by atoms with Gasteiger partial charge < -0.3 is 29.0 Å². The zero-order valence-corrected chi connectivity index (χ0v) is 24.8. The van der Waals surface area contributed by atoms with Crippen LogP contribution in [0.3, 0.4) is 0 Å². The number of benzene rings is 1. The van der Waals surface area contributed by atoms with Gasteiger partial charge in [-0.2, -0.15) is 4.98 Å². The number of hydrogen-bond acceptors (Lipinski definition) is 9. The molecule has 0 saturated carbocycles. The van der Waals surface area contributed by atoms with Crippen molar-refractivity contribution in [3.63, 3.8) is 0 Å². The summed E-state index contributed by atoms with van der Waals surface area (Å²) in [5.74, 6) is -1.23. The molecule has 2 atom stereocenters. The van der Waals surface area contributed by atoms with Crippen LogP contribution in [-0.2, 0) is 5.60 Å². The summed E-state index contributed by atoms with van der Waals surface area (Å²) in [5.41, 5.74) is -0.0297. The fourth-order valence-corrected chi connectivity index (χ4v) is 5.17. The number of ether oxygens (including phenoxy) is 4. The molecule has 4 aromatic rings. The number of fused-ring (bicyclic) bond motifs is 1. The molecule has 0 aliphatic heterocycles. The molecule has 11 heteroatoms. The standard InChI is InChI=1S/C29H32BrFN4O5/c1-35(2)12-10-29(36,18-15-23(37-3)34-24(16-18)38-4)25(20-9-11-32-28(40-6)26(20)31)21-14-17-13-19(30)7-8-22(17)33-27(21)39-5/h7-9,11,13-16,25,36H,10,12H2,1-6H3/t25-,29-/m1/s1. The highest BCUT2D eigenvalue weighted by atomic mass is 79.9. The van der Waals surface area contributed by atoms with Crippen molar-refractivity contribution in [1.29, 1.82) is 0 Å². The molecule has 0 amide bonds. The van der Waals surface area contributed by atoms with Crippen LogP contribution >= 0.6 is 15.9 Å². The van der Waals surface area contributed by atoms with Crippen LogP contribution in [0.1, 0.15) is 29.0 Å². The number of aliphatic hydroxyl groups is 1. The first-order chi connectivity index (χ1) is 19.1. The first-order valence-electron chi connectivity index (χ1n) is 12.4. The maximum absolute atomic E-state index is 16.1. The molecule has 0 fully saturated rings. The van der Waals surface area contributed by atoms with Gasteiger partial charge in [0.05, 0.1) is 39.9 Å². The number of methoxy groups -OCH3 is 4. The number of nitrogens with zero attached hydrogens (tertiary/aromatic N) is 4. The lowest BCUT2D eigenvalue weighted by molar-refractivity contribution is 0.00228. The number of aromatic nitrogens is 3. The Morgan fingerprint density at radius 3 is 2.17 bits per heavy atom. The molecule has 0 spiro atoms. The molecule has 0 bridgehead atoms. The maximum atomic E-state index is 16.1. The fourth-order valence-electron chi connectivity index (χ4n) is 4.79. The molecule has 0 saturated heterocycles. The molecule has 0 unspecified atom stereocenters. The number of rotatable bonds is 11. The summed E-state index contributed by atoms with van der Waals surface area (Å²) in [7, 11) is 9.59. The van der Waals surface area contributed by atoms with Gasteiger partial charge in [0.25, 0.3) is 0 Å². The first kappa shape index (κ1) is 29.4. The van der Waals surface area contributed by atoms with Gasteiger partial charge in [-0.25, -0.2) is 14.4 Å². The molecular formula is C29H32BrFN4O5. The molecule has 9 nitrogen and oxygen atoms in total. The van der Waals surface area contributed by atoms with Crippen LogP contribution in [0.15, 0.2) is 53.1 Å². The Hall–Kier alpha value is -3.54. The number of hydrogen-bond donors (Lipinski definition) is 1. The second-order valence-corrected chi connectivity index (χ2v) is 10.4. The predicted octanol–water partition coefficient (Wildman–Crippen LogP) is 4.93. The Morgan fingerprint density at radius 2 is 1.57 bits per heavy atom. The van der Waals surface area contributed by atoms with Crippen molar-refractivity contribution in [2.24, 2.45) is 0 Å². The molecular weight excluding hydrogens is 583 g/mol. The number of halogens is 2. The van der Waals surface area contributed by atoms with Gasteiger partial charge in [0.2, 0.25) is 23.5 Å². The van der Waals surface area contributed by atoms with Crippen LogP contribution in [0.5, 0.6) is 23.5 Å². The SMILES string of the molecule is COc1cc([C@](O)(CCN(C)C)[C@@H](c2cc3cc(Br)ccc3nc2OC)c2ccnc(OC)c2F)cc(OC)n1. The van der Waals surface area contributed by atoms with Crippen LogP contribution in [0.25, 0.3) is 10.9 Å². The van der Waals surface area contributed by atoms with Gasteiger partial charge in [0, 0.05) is 45.9 Å². The van der Waals surface area contributed by atoms with E-state index in [1.54, 1.807) is 12.1 Å². The van der Waals surface area contributed by atoms with Crippen LogP contribution < -0.4 is 18.9 Å². The first-order valence-corrected chi connectivity index (χ1v) is 13.2. The zero-order valence-electron chi connectivity index (χ0n) is 23.2. The molecule has 4 rings (SSSR count). The van der Waals surface area contributed by atoms with Crippen molar-refractivity contribution in [3.05, 3.63) is 75.6 Å². The second kappa shape index (κ2) is 12.3. The van der Waals surface area contributed by atoms with Gasteiger partial charge in [-0.15, -0.1) is 0 Å². The topological polar surface area (TPSA) is 99.1 Å². The third-order valence-electron chi connectivity index (χ3n) is 6.78. The maximum Gasteiger partial charge on any atom is 0.250 e. The third kappa shape index (κ3) is 5.81. The van der Waals surface area contributed by atoms with E-state index in [1.807, 2.05) is 43.3 Å². The summed E-state index contributed by atoms with van der Waals surface area (Å²) >= 11 is 3.52. The molecule has 3 heterocycles. The van der Waals surface area contributed by atoms with Gasteiger partial charge in [-0.05, 0) is 56.4 Å². The number of pyridine rings is 3. The van der Waals surface area contributed by atoms with Crippen LogP contribution in [0.4, 0.5) is 4.39 Å². The summed E-state index contributed by atoms with van der Waals surface area (Å²) in [6.07, 6.45) is 1.63. The largest absolute Gasteiger partial charge is 0.481 e. The van der Waals surface area contributed by atoms with Crippen molar-refractivity contribution >= 4 is 26.8 Å². The predicted molar refractivity (Wildman–Crippen MR) is 153 cm³/mol. The van der Waals surface area contributed by atoms with E-state index in [1.165, 1.54) is 40.7 Å². The normalized spacial score (nSPS) is 13.7. The highest BCUT2D eigenvalue weighted by Gasteiger charge is 2.45. The molecule has 0 radical (unpaired) electrons. The third-order valence-corrected chi connectivity index (χ3v) is 7.27. The average molecular weight is 616 g/mol. The Morgan fingerprint density at radius 1 is 0.900 bits per heavy atom. The van der Waals surface area contributed by atoms with E-state index in [-0.39, 0.29) is 35.5 Å². The highest BCUT2D eigenvalue weighted by Crippen LogP contribution is 2.49. The van der Waals surface area contributed by atoms with Crippen molar-refractivity contribution in [2.45, 2.75) is 17.9 Å². The van der Waals surface area contributed by atoms with Gasteiger partial charge >= 0.3 is 0 Å². The molecule has 1 N–H and O–H groups in total. The van der Waals surface area contributed by atoms with E-state index in [0.29, 0.717) is 23.2 Å². The molecule has 3 aromatic heterocycles. The smallest absolute Gasteiger partial charge is 0.250 e. The molecule has 0 aliphatic carbocycles. The van der Waals surface area contributed by atoms with Crippen molar-refractivity contribution in [3.8, 4) is 23.5 Å². The van der Waals surface area contributed by atoms with Crippen molar-refractivity contribution in [1.82, 2.24) is 19.9 Å². The van der Waals surface area contributed by atoms with E-state index in [9.17, 15) is 5.11 Å². The Bertz CT molecular complexity index is 1480. The lowest BCUT2D eigenvalue weighted by Crippen LogP contribution is -2.38. The zero-order chi connectivity index (χ0) is 29.0. The average Bonchev–Trinajstić information content (AvgIpc) is 2.96. The molecule has 40 heavy (non-hydrogen) atoms. The quantitative estimate of drug-likeness (QED) is 0.252. The minimum atomic E-state index is -1.74. The van der Waals surface area contributed by atoms with Gasteiger partial charge in [0.1, 0.15) is 5.60 Å². The summed E-state index contributed by atoms with van der Waals surface area (Å²) in [6.45, 7) is 0.457. The lowest BCUT2D eigenvalue weighted by Gasteiger charge is -2.39. The van der Waals surface area contributed by atoms with E-state index in [2.05, 4.69) is 25.9 Å². The lowest BCUT2D eigenvalue weighted by atomic mass is 9.71. The summed E-state index contributed by atoms with van der Waals surface area (Å²) in [4.78, 5) is 15.0. The van der Waals surface area contributed by atoms with E-state index < -0.39 is 17.3 Å². The Kier molecular flexibility index (Phi) is 9.07.